The quantitative estimate of drug-likeness (QED) is 0.852. The third kappa shape index (κ3) is 3.59. The topological polar surface area (TPSA) is 76.1 Å². The van der Waals surface area contributed by atoms with Crippen molar-refractivity contribution in [3.05, 3.63) is 28.2 Å². The van der Waals surface area contributed by atoms with E-state index in [9.17, 15) is 14.7 Å². The van der Waals surface area contributed by atoms with Gasteiger partial charge < -0.3 is 19.5 Å². The van der Waals surface area contributed by atoms with Crippen LogP contribution < -0.4 is 4.74 Å². The van der Waals surface area contributed by atoms with E-state index >= 15 is 0 Å². The number of nitrogens with zero attached hydrogens (tertiary/aromatic N) is 1. The predicted octanol–water partition coefficient (Wildman–Crippen LogP) is 1.70. The predicted molar refractivity (Wildman–Crippen MR) is 82.9 cm³/mol. The largest absolute Gasteiger partial charge is 0.496 e. The highest BCUT2D eigenvalue weighted by molar-refractivity contribution is 9.10. The third-order valence-electron chi connectivity index (χ3n) is 3.79. The third-order valence-corrected chi connectivity index (χ3v) is 4.28. The minimum atomic E-state index is -1.01. The SMILES string of the molecule is COc1ccc(Br)cc1CC(=O)N1CC(OC)CC1C(=O)O. The van der Waals surface area contributed by atoms with E-state index in [2.05, 4.69) is 15.9 Å². The number of ether oxygens (including phenoxy) is 2. The van der Waals surface area contributed by atoms with Crippen LogP contribution in [0.2, 0.25) is 0 Å². The van der Waals surface area contributed by atoms with Crippen LogP contribution in [0, 0.1) is 0 Å². The van der Waals surface area contributed by atoms with E-state index in [1.165, 1.54) is 19.1 Å². The summed E-state index contributed by atoms with van der Waals surface area (Å²) in [5, 5.41) is 9.28. The Hall–Kier alpha value is -1.60. The maximum atomic E-state index is 12.5. The van der Waals surface area contributed by atoms with Gasteiger partial charge in [0.2, 0.25) is 5.91 Å². The summed E-state index contributed by atoms with van der Waals surface area (Å²) in [6, 6.07) is 4.55. The maximum absolute atomic E-state index is 12.5. The van der Waals surface area contributed by atoms with Crippen LogP contribution in [0.1, 0.15) is 12.0 Å². The smallest absolute Gasteiger partial charge is 0.326 e. The summed E-state index contributed by atoms with van der Waals surface area (Å²) in [6.07, 6.45) is 0.158. The minimum absolute atomic E-state index is 0.0861. The van der Waals surface area contributed by atoms with Gasteiger partial charge in [0.15, 0.2) is 0 Å². The number of carboxylic acid groups (broad SMARTS) is 1. The first-order valence-electron chi connectivity index (χ1n) is 6.83. The number of rotatable bonds is 5. The van der Waals surface area contributed by atoms with E-state index < -0.39 is 12.0 Å². The molecule has 1 aliphatic heterocycles. The standard InChI is InChI=1S/C15H18BrNO5/c1-21-11-7-12(15(19)20)17(8-11)14(18)6-9-5-10(16)3-4-13(9)22-2/h3-5,11-12H,6-8H2,1-2H3,(H,19,20). The first-order valence-corrected chi connectivity index (χ1v) is 7.63. The average molecular weight is 372 g/mol. The molecule has 1 N–H and O–H groups in total. The summed E-state index contributed by atoms with van der Waals surface area (Å²) >= 11 is 3.36. The van der Waals surface area contributed by atoms with Gasteiger partial charge in [0, 0.05) is 30.1 Å². The number of carbonyl (C=O) groups excluding carboxylic acids is 1. The molecular weight excluding hydrogens is 354 g/mol. The maximum Gasteiger partial charge on any atom is 0.326 e. The number of halogens is 1. The lowest BCUT2D eigenvalue weighted by atomic mass is 10.1. The van der Waals surface area contributed by atoms with E-state index in [1.807, 2.05) is 6.07 Å². The van der Waals surface area contributed by atoms with Gasteiger partial charge in [-0.05, 0) is 18.2 Å². The summed E-state index contributed by atoms with van der Waals surface area (Å²) in [4.78, 5) is 25.2. The van der Waals surface area contributed by atoms with Gasteiger partial charge >= 0.3 is 5.97 Å². The summed E-state index contributed by atoms with van der Waals surface area (Å²) in [6.45, 7) is 0.294. The molecular formula is C15H18BrNO5. The molecule has 0 aromatic heterocycles. The van der Waals surface area contributed by atoms with Gasteiger partial charge in [0.05, 0.1) is 19.6 Å². The number of hydrogen-bond donors (Lipinski definition) is 1. The molecule has 6 nitrogen and oxygen atoms in total. The molecule has 2 rings (SSSR count). The zero-order chi connectivity index (χ0) is 16.3. The molecule has 1 fully saturated rings. The van der Waals surface area contributed by atoms with Gasteiger partial charge in [-0.2, -0.15) is 0 Å². The fourth-order valence-corrected chi connectivity index (χ4v) is 3.04. The van der Waals surface area contributed by atoms with E-state index in [0.29, 0.717) is 24.3 Å². The lowest BCUT2D eigenvalue weighted by molar-refractivity contribution is -0.148. The molecule has 1 aromatic rings. The van der Waals surface area contributed by atoms with E-state index in [0.717, 1.165) is 4.47 Å². The molecule has 2 atom stereocenters. The highest BCUT2D eigenvalue weighted by Gasteiger charge is 2.39. The summed E-state index contributed by atoms with van der Waals surface area (Å²) < 4.78 is 11.3. The second-order valence-electron chi connectivity index (χ2n) is 5.13. The molecule has 1 aromatic carbocycles. The van der Waals surface area contributed by atoms with Crippen LogP contribution in [0.25, 0.3) is 0 Å². The van der Waals surface area contributed by atoms with Crippen molar-refractivity contribution >= 4 is 27.8 Å². The Kier molecular flexibility index (Phi) is 5.42. The first-order chi connectivity index (χ1) is 10.5. The van der Waals surface area contributed by atoms with Crippen LogP contribution in [0.5, 0.6) is 5.75 Å². The Labute approximate surface area is 137 Å². The number of methoxy groups -OCH3 is 2. The second-order valence-corrected chi connectivity index (χ2v) is 6.04. The van der Waals surface area contributed by atoms with Crippen LogP contribution in [0.4, 0.5) is 0 Å². The highest BCUT2D eigenvalue weighted by atomic mass is 79.9. The van der Waals surface area contributed by atoms with Crippen molar-refractivity contribution in [2.45, 2.75) is 25.0 Å². The van der Waals surface area contributed by atoms with Crippen molar-refractivity contribution in [2.24, 2.45) is 0 Å². The molecule has 0 radical (unpaired) electrons. The van der Waals surface area contributed by atoms with Gasteiger partial charge in [-0.1, -0.05) is 15.9 Å². The lowest BCUT2D eigenvalue weighted by Gasteiger charge is -2.21. The Bertz CT molecular complexity index is 577. The number of aliphatic carboxylic acids is 1. The Morgan fingerprint density at radius 3 is 2.73 bits per heavy atom. The van der Waals surface area contributed by atoms with Gasteiger partial charge in [0.1, 0.15) is 11.8 Å². The van der Waals surface area contributed by atoms with Crippen LogP contribution in [-0.2, 0) is 20.7 Å². The number of amides is 1. The zero-order valence-electron chi connectivity index (χ0n) is 12.4. The number of carbonyl (C=O) groups is 2. The number of benzene rings is 1. The van der Waals surface area contributed by atoms with Gasteiger partial charge in [-0.15, -0.1) is 0 Å². The molecule has 0 aliphatic carbocycles. The number of hydrogen-bond acceptors (Lipinski definition) is 4. The monoisotopic (exact) mass is 371 g/mol. The molecule has 22 heavy (non-hydrogen) atoms. The van der Waals surface area contributed by atoms with E-state index in [1.54, 1.807) is 12.1 Å². The second kappa shape index (κ2) is 7.11. The van der Waals surface area contributed by atoms with E-state index in [-0.39, 0.29) is 18.4 Å². The molecule has 0 spiro atoms. The van der Waals surface area contributed by atoms with Crippen molar-refractivity contribution in [1.82, 2.24) is 4.90 Å². The average Bonchev–Trinajstić information content (AvgIpc) is 2.92. The zero-order valence-corrected chi connectivity index (χ0v) is 14.0. The van der Waals surface area contributed by atoms with Crippen LogP contribution in [-0.4, -0.2) is 54.8 Å². The van der Waals surface area contributed by atoms with Crippen molar-refractivity contribution in [1.29, 1.82) is 0 Å². The fraction of sp³-hybridized carbons (Fsp3) is 0.467. The molecule has 120 valence electrons. The summed E-state index contributed by atoms with van der Waals surface area (Å²) in [7, 11) is 3.06. The summed E-state index contributed by atoms with van der Waals surface area (Å²) in [5.74, 6) is -0.650. The molecule has 0 saturated carbocycles. The van der Waals surface area contributed by atoms with Crippen LogP contribution in [0.3, 0.4) is 0 Å². The minimum Gasteiger partial charge on any atom is -0.496 e. The highest BCUT2D eigenvalue weighted by Crippen LogP contribution is 2.26. The molecule has 1 aliphatic rings. The normalized spacial score (nSPS) is 21.0. The van der Waals surface area contributed by atoms with Crippen LogP contribution >= 0.6 is 15.9 Å². The Morgan fingerprint density at radius 2 is 2.14 bits per heavy atom. The van der Waals surface area contributed by atoms with Gasteiger partial charge in [0.25, 0.3) is 0 Å². The number of likely N-dealkylation sites (tertiary alicyclic amines) is 1. The summed E-state index contributed by atoms with van der Waals surface area (Å²) in [5.41, 5.74) is 0.715. The van der Waals surface area contributed by atoms with E-state index in [4.69, 9.17) is 9.47 Å². The number of carboxylic acids is 1. The Morgan fingerprint density at radius 1 is 1.41 bits per heavy atom. The molecule has 7 heteroatoms. The molecule has 1 saturated heterocycles. The fourth-order valence-electron chi connectivity index (χ4n) is 2.63. The molecule has 2 unspecified atom stereocenters. The molecule has 0 bridgehead atoms. The Balaban J connectivity index is 2.17. The lowest BCUT2D eigenvalue weighted by Crippen LogP contribution is -2.41. The van der Waals surface area contributed by atoms with Crippen LogP contribution in [0.15, 0.2) is 22.7 Å². The van der Waals surface area contributed by atoms with Crippen molar-refractivity contribution in [2.75, 3.05) is 20.8 Å². The first kappa shape index (κ1) is 16.8. The molecule has 1 heterocycles. The van der Waals surface area contributed by atoms with Crippen molar-refractivity contribution in [3.63, 3.8) is 0 Å². The van der Waals surface area contributed by atoms with Crippen molar-refractivity contribution < 1.29 is 24.2 Å². The van der Waals surface area contributed by atoms with Gasteiger partial charge in [-0.25, -0.2) is 4.79 Å². The van der Waals surface area contributed by atoms with Gasteiger partial charge in [-0.3, -0.25) is 4.79 Å². The molecule has 1 amide bonds. The van der Waals surface area contributed by atoms with Crippen molar-refractivity contribution in [3.8, 4) is 5.75 Å².